The van der Waals surface area contributed by atoms with Crippen molar-refractivity contribution < 1.29 is 20.1 Å². The van der Waals surface area contributed by atoms with Gasteiger partial charge in [0.25, 0.3) is 0 Å². The zero-order valence-corrected chi connectivity index (χ0v) is 20.4. The van der Waals surface area contributed by atoms with Crippen molar-refractivity contribution >= 4 is 39.0 Å². The molecule has 4 rings (SSSR count). The number of anilines is 3. The van der Waals surface area contributed by atoms with Gasteiger partial charge < -0.3 is 36.0 Å². The van der Waals surface area contributed by atoms with Gasteiger partial charge in [0.2, 0.25) is 5.95 Å². The number of aliphatic hydroxyl groups excluding tert-OH is 3. The van der Waals surface area contributed by atoms with E-state index in [1.165, 1.54) is 0 Å². The Balaban J connectivity index is 1.71. The van der Waals surface area contributed by atoms with E-state index in [1.54, 1.807) is 11.3 Å². The van der Waals surface area contributed by atoms with Gasteiger partial charge in [0, 0.05) is 38.4 Å². The summed E-state index contributed by atoms with van der Waals surface area (Å²) in [7, 11) is 1.87. The molecule has 0 saturated heterocycles. The van der Waals surface area contributed by atoms with Crippen molar-refractivity contribution in [1.29, 1.82) is 0 Å². The number of thiazole rings is 1. The lowest BCUT2D eigenvalue weighted by molar-refractivity contribution is 0.00446. The fourth-order valence-corrected chi connectivity index (χ4v) is 5.25. The van der Waals surface area contributed by atoms with Gasteiger partial charge in [0.15, 0.2) is 0 Å². The third kappa shape index (κ3) is 5.08. The SMILES string of the molecule is CCOCCNc1nc(C)c(-c2nc3cc(NC)ccc3s2)c(N[C@@H]2C[C@H](CO)[C@@H](O)[C@H]2O)n1. The molecule has 0 bridgehead atoms. The zero-order chi connectivity index (χ0) is 24.2. The summed E-state index contributed by atoms with van der Waals surface area (Å²) in [6.07, 6.45) is -1.61. The van der Waals surface area contributed by atoms with Crippen LogP contribution >= 0.6 is 11.3 Å². The lowest BCUT2D eigenvalue weighted by Crippen LogP contribution is -2.35. The first kappa shape index (κ1) is 24.6. The molecule has 1 fully saturated rings. The summed E-state index contributed by atoms with van der Waals surface area (Å²) < 4.78 is 6.42. The molecule has 2 aromatic heterocycles. The van der Waals surface area contributed by atoms with Crippen molar-refractivity contribution in [1.82, 2.24) is 15.0 Å². The van der Waals surface area contributed by atoms with E-state index in [1.807, 2.05) is 39.1 Å². The highest BCUT2D eigenvalue weighted by molar-refractivity contribution is 7.21. The van der Waals surface area contributed by atoms with E-state index in [0.717, 1.165) is 32.2 Å². The maximum atomic E-state index is 10.6. The Kier molecular flexibility index (Phi) is 7.79. The summed E-state index contributed by atoms with van der Waals surface area (Å²) in [4.78, 5) is 14.2. The monoisotopic (exact) mass is 488 g/mol. The van der Waals surface area contributed by atoms with Gasteiger partial charge in [-0.2, -0.15) is 4.98 Å². The highest BCUT2D eigenvalue weighted by Crippen LogP contribution is 2.38. The molecule has 1 aliphatic rings. The van der Waals surface area contributed by atoms with Gasteiger partial charge in [-0.25, -0.2) is 9.97 Å². The largest absolute Gasteiger partial charge is 0.396 e. The minimum atomic E-state index is -1.02. The highest BCUT2D eigenvalue weighted by atomic mass is 32.1. The molecule has 10 nitrogen and oxygen atoms in total. The number of ether oxygens (including phenoxy) is 1. The Morgan fingerprint density at radius 2 is 2.00 bits per heavy atom. The molecule has 0 spiro atoms. The van der Waals surface area contributed by atoms with E-state index in [9.17, 15) is 15.3 Å². The average Bonchev–Trinajstić information content (AvgIpc) is 3.36. The Morgan fingerprint density at radius 1 is 1.18 bits per heavy atom. The van der Waals surface area contributed by atoms with Crippen LogP contribution in [0.4, 0.5) is 17.5 Å². The van der Waals surface area contributed by atoms with E-state index in [4.69, 9.17) is 14.7 Å². The van der Waals surface area contributed by atoms with Crippen LogP contribution in [-0.4, -0.2) is 81.9 Å². The molecule has 0 amide bonds. The van der Waals surface area contributed by atoms with Crippen molar-refractivity contribution in [2.45, 2.75) is 38.5 Å². The molecule has 184 valence electrons. The topological polar surface area (TPSA) is 145 Å². The van der Waals surface area contributed by atoms with Gasteiger partial charge in [-0.3, -0.25) is 0 Å². The molecule has 1 aliphatic carbocycles. The first-order valence-corrected chi connectivity index (χ1v) is 12.3. The summed E-state index contributed by atoms with van der Waals surface area (Å²) in [5.41, 5.74) is 3.32. The lowest BCUT2D eigenvalue weighted by Gasteiger charge is -2.21. The van der Waals surface area contributed by atoms with Crippen molar-refractivity contribution in [2.24, 2.45) is 5.92 Å². The Bertz CT molecular complexity index is 1130. The summed E-state index contributed by atoms with van der Waals surface area (Å²) >= 11 is 1.54. The minimum absolute atomic E-state index is 0.192. The predicted octanol–water partition coefficient (Wildman–Crippen LogP) is 2.07. The zero-order valence-electron chi connectivity index (χ0n) is 19.6. The molecule has 1 aromatic carbocycles. The van der Waals surface area contributed by atoms with Crippen LogP contribution in [0.25, 0.3) is 20.8 Å². The van der Waals surface area contributed by atoms with Crippen molar-refractivity contribution in [2.75, 3.05) is 49.4 Å². The molecule has 6 N–H and O–H groups in total. The van der Waals surface area contributed by atoms with Crippen molar-refractivity contribution in [3.05, 3.63) is 23.9 Å². The van der Waals surface area contributed by atoms with Crippen LogP contribution in [0.5, 0.6) is 0 Å². The molecule has 0 aliphatic heterocycles. The first-order chi connectivity index (χ1) is 16.4. The third-order valence-corrected chi connectivity index (χ3v) is 7.13. The van der Waals surface area contributed by atoms with Gasteiger partial charge in [-0.15, -0.1) is 11.3 Å². The van der Waals surface area contributed by atoms with Gasteiger partial charge in [0.1, 0.15) is 16.9 Å². The van der Waals surface area contributed by atoms with E-state index in [2.05, 4.69) is 20.9 Å². The highest BCUT2D eigenvalue weighted by Gasteiger charge is 2.41. The molecule has 34 heavy (non-hydrogen) atoms. The van der Waals surface area contributed by atoms with Crippen LogP contribution in [-0.2, 0) is 4.74 Å². The van der Waals surface area contributed by atoms with E-state index >= 15 is 0 Å². The van der Waals surface area contributed by atoms with Gasteiger partial charge in [-0.1, -0.05) is 0 Å². The summed E-state index contributed by atoms with van der Waals surface area (Å²) in [5, 5.41) is 40.8. The van der Waals surface area contributed by atoms with E-state index < -0.39 is 24.2 Å². The number of hydrogen-bond acceptors (Lipinski definition) is 11. The van der Waals surface area contributed by atoms with Gasteiger partial charge in [-0.05, 0) is 38.5 Å². The second kappa shape index (κ2) is 10.8. The molecule has 4 atom stereocenters. The standard InChI is InChI=1S/C23H32N6O4S/c1-4-33-8-7-25-23-26-12(2)18(22-28-15-10-14(24-3)5-6-17(15)34-22)21(29-23)27-16-9-13(11-30)19(31)20(16)32/h5-6,10,13,16,19-20,24,30-32H,4,7-9,11H2,1-3H3,(H2,25,26,27,29)/t13-,16-,19-,20+/m1/s1. The normalized spacial score (nSPS) is 22.3. The van der Waals surface area contributed by atoms with Crippen LogP contribution in [0.2, 0.25) is 0 Å². The summed E-state index contributed by atoms with van der Waals surface area (Å²) in [5.74, 6) is 0.563. The first-order valence-electron chi connectivity index (χ1n) is 11.5. The number of aromatic nitrogens is 3. The number of rotatable bonds is 10. The quantitative estimate of drug-likeness (QED) is 0.235. The predicted molar refractivity (Wildman–Crippen MR) is 135 cm³/mol. The van der Waals surface area contributed by atoms with E-state index in [0.29, 0.717) is 37.9 Å². The van der Waals surface area contributed by atoms with Crippen LogP contribution in [0.1, 0.15) is 19.0 Å². The molecule has 11 heteroatoms. The lowest BCUT2D eigenvalue weighted by atomic mass is 10.1. The number of fused-ring (bicyclic) bond motifs is 1. The number of nitrogens with one attached hydrogen (secondary N) is 3. The Labute approximate surface area is 202 Å². The fourth-order valence-electron chi connectivity index (χ4n) is 4.21. The maximum Gasteiger partial charge on any atom is 0.224 e. The molecular formula is C23H32N6O4S. The molecule has 0 radical (unpaired) electrons. The smallest absolute Gasteiger partial charge is 0.224 e. The number of aryl methyl sites for hydroxylation is 1. The number of nitrogens with zero attached hydrogens (tertiary/aromatic N) is 3. The van der Waals surface area contributed by atoms with Crippen LogP contribution in [0.3, 0.4) is 0 Å². The molecular weight excluding hydrogens is 456 g/mol. The van der Waals surface area contributed by atoms with Crippen molar-refractivity contribution in [3.63, 3.8) is 0 Å². The van der Waals surface area contributed by atoms with Crippen LogP contribution in [0.15, 0.2) is 18.2 Å². The minimum Gasteiger partial charge on any atom is -0.396 e. The van der Waals surface area contributed by atoms with Gasteiger partial charge >= 0.3 is 0 Å². The Hall–Kier alpha value is -2.57. The van der Waals surface area contributed by atoms with E-state index in [-0.39, 0.29) is 6.61 Å². The van der Waals surface area contributed by atoms with Crippen molar-refractivity contribution in [3.8, 4) is 10.6 Å². The molecule has 2 heterocycles. The molecule has 1 saturated carbocycles. The number of benzene rings is 1. The third-order valence-electron chi connectivity index (χ3n) is 6.07. The second-order valence-electron chi connectivity index (χ2n) is 8.34. The molecule has 3 aromatic rings. The number of aliphatic hydroxyl groups is 3. The fraction of sp³-hybridized carbons (Fsp3) is 0.522. The van der Waals surface area contributed by atoms with Gasteiger partial charge in [0.05, 0.1) is 40.2 Å². The molecule has 0 unspecified atom stereocenters. The maximum absolute atomic E-state index is 10.6. The second-order valence-corrected chi connectivity index (χ2v) is 9.37. The summed E-state index contributed by atoms with van der Waals surface area (Å²) in [6.45, 7) is 5.36. The average molecular weight is 489 g/mol. The summed E-state index contributed by atoms with van der Waals surface area (Å²) in [6, 6.07) is 5.55. The van der Waals surface area contributed by atoms with Crippen LogP contribution in [0, 0.1) is 12.8 Å². The van der Waals surface area contributed by atoms with Crippen LogP contribution < -0.4 is 16.0 Å². The number of hydrogen-bond donors (Lipinski definition) is 6. The Morgan fingerprint density at radius 3 is 2.71 bits per heavy atom.